The normalized spacial score (nSPS) is 18.3. The van der Waals surface area contributed by atoms with E-state index in [-0.39, 0.29) is 5.71 Å². The van der Waals surface area contributed by atoms with Crippen molar-refractivity contribution in [3.63, 3.8) is 0 Å². The first kappa shape index (κ1) is 6.81. The SMILES string of the molecule is N#CC(=NO)C1=CCCC1. The lowest BCUT2D eigenvalue weighted by Crippen LogP contribution is -1.96. The quantitative estimate of drug-likeness (QED) is 0.337. The van der Waals surface area contributed by atoms with E-state index in [2.05, 4.69) is 5.16 Å². The summed E-state index contributed by atoms with van der Waals surface area (Å²) < 4.78 is 0. The van der Waals surface area contributed by atoms with Crippen LogP contribution >= 0.6 is 0 Å². The Morgan fingerprint density at radius 3 is 3.00 bits per heavy atom. The molecular weight excluding hydrogens is 128 g/mol. The fraction of sp³-hybridized carbons (Fsp3) is 0.429. The van der Waals surface area contributed by atoms with Gasteiger partial charge in [-0.15, -0.1) is 0 Å². The molecule has 0 spiro atoms. The first-order chi connectivity index (χ1) is 4.88. The molecule has 3 heteroatoms. The number of nitrogens with zero attached hydrogens (tertiary/aromatic N) is 2. The van der Waals surface area contributed by atoms with Gasteiger partial charge in [-0.1, -0.05) is 11.2 Å². The van der Waals surface area contributed by atoms with Crippen molar-refractivity contribution in [3.8, 4) is 6.07 Å². The summed E-state index contributed by atoms with van der Waals surface area (Å²) in [5, 5.41) is 19.6. The first-order valence-corrected chi connectivity index (χ1v) is 3.20. The van der Waals surface area contributed by atoms with Crippen molar-refractivity contribution in [1.29, 1.82) is 5.26 Å². The van der Waals surface area contributed by atoms with Crippen LogP contribution in [0.2, 0.25) is 0 Å². The van der Waals surface area contributed by atoms with Gasteiger partial charge in [0.05, 0.1) is 0 Å². The highest BCUT2D eigenvalue weighted by atomic mass is 16.4. The molecule has 0 atom stereocenters. The lowest BCUT2D eigenvalue weighted by molar-refractivity contribution is 0.320. The zero-order valence-electron chi connectivity index (χ0n) is 5.54. The summed E-state index contributed by atoms with van der Waals surface area (Å²) in [6.07, 6.45) is 4.87. The molecule has 0 amide bonds. The van der Waals surface area contributed by atoms with Gasteiger partial charge >= 0.3 is 0 Å². The Kier molecular flexibility index (Phi) is 2.06. The van der Waals surface area contributed by atoms with Crippen LogP contribution in [0.4, 0.5) is 0 Å². The Balaban J connectivity index is 2.74. The van der Waals surface area contributed by atoms with Crippen molar-refractivity contribution >= 4 is 5.71 Å². The van der Waals surface area contributed by atoms with Gasteiger partial charge < -0.3 is 5.21 Å². The molecule has 0 saturated heterocycles. The van der Waals surface area contributed by atoms with E-state index >= 15 is 0 Å². The van der Waals surface area contributed by atoms with E-state index in [1.165, 1.54) is 0 Å². The highest BCUT2D eigenvalue weighted by Gasteiger charge is 2.10. The van der Waals surface area contributed by atoms with E-state index < -0.39 is 0 Å². The van der Waals surface area contributed by atoms with E-state index in [0.717, 1.165) is 24.8 Å². The topological polar surface area (TPSA) is 56.4 Å². The van der Waals surface area contributed by atoms with E-state index in [9.17, 15) is 0 Å². The van der Waals surface area contributed by atoms with Crippen LogP contribution in [0.25, 0.3) is 0 Å². The summed E-state index contributed by atoms with van der Waals surface area (Å²) >= 11 is 0. The molecule has 0 unspecified atom stereocenters. The van der Waals surface area contributed by atoms with Gasteiger partial charge in [0.1, 0.15) is 6.07 Å². The molecule has 10 heavy (non-hydrogen) atoms. The highest BCUT2D eigenvalue weighted by Crippen LogP contribution is 2.18. The Bertz CT molecular complexity index is 222. The van der Waals surface area contributed by atoms with Crippen LogP contribution in [0.3, 0.4) is 0 Å². The molecular formula is C7H8N2O. The first-order valence-electron chi connectivity index (χ1n) is 3.20. The molecule has 0 fully saturated rings. The highest BCUT2D eigenvalue weighted by molar-refractivity contribution is 6.11. The maximum absolute atomic E-state index is 8.40. The Morgan fingerprint density at radius 2 is 2.60 bits per heavy atom. The molecule has 1 rings (SSSR count). The van der Waals surface area contributed by atoms with E-state index in [1.54, 1.807) is 0 Å². The minimum atomic E-state index is 0.164. The lowest BCUT2D eigenvalue weighted by Gasteiger charge is -1.91. The molecule has 3 nitrogen and oxygen atoms in total. The zero-order chi connectivity index (χ0) is 7.40. The largest absolute Gasteiger partial charge is 0.410 e. The van der Waals surface area contributed by atoms with Crippen LogP contribution < -0.4 is 0 Å². The standard InChI is InChI=1S/C7H8N2O/c8-5-7(9-10)6-3-1-2-4-6/h3,10H,1-2,4H2. The zero-order valence-corrected chi connectivity index (χ0v) is 5.54. The van der Waals surface area contributed by atoms with Crippen molar-refractivity contribution in [2.24, 2.45) is 5.16 Å². The maximum atomic E-state index is 8.40. The van der Waals surface area contributed by atoms with Crippen LogP contribution in [-0.2, 0) is 0 Å². The minimum absolute atomic E-state index is 0.164. The van der Waals surface area contributed by atoms with Crippen molar-refractivity contribution in [2.75, 3.05) is 0 Å². The summed E-state index contributed by atoms with van der Waals surface area (Å²) in [6, 6.07) is 1.83. The predicted octanol–water partition coefficient (Wildman–Crippen LogP) is 1.45. The minimum Gasteiger partial charge on any atom is -0.410 e. The fourth-order valence-electron chi connectivity index (χ4n) is 1.04. The second-order valence-electron chi connectivity index (χ2n) is 2.18. The Morgan fingerprint density at radius 1 is 1.80 bits per heavy atom. The average Bonchev–Trinajstić information content (AvgIpc) is 2.43. The number of rotatable bonds is 1. The van der Waals surface area contributed by atoms with Crippen molar-refractivity contribution < 1.29 is 5.21 Å². The molecule has 0 aromatic heterocycles. The van der Waals surface area contributed by atoms with Gasteiger partial charge in [-0.2, -0.15) is 5.26 Å². The average molecular weight is 136 g/mol. The Labute approximate surface area is 59.3 Å². The molecule has 0 aromatic rings. The van der Waals surface area contributed by atoms with Gasteiger partial charge in [-0.3, -0.25) is 0 Å². The summed E-state index contributed by atoms with van der Waals surface area (Å²) in [6.45, 7) is 0. The summed E-state index contributed by atoms with van der Waals surface area (Å²) in [7, 11) is 0. The third-order valence-corrected chi connectivity index (χ3v) is 1.55. The van der Waals surface area contributed by atoms with Crippen LogP contribution in [0.1, 0.15) is 19.3 Å². The van der Waals surface area contributed by atoms with Crippen molar-refractivity contribution in [1.82, 2.24) is 0 Å². The molecule has 0 radical (unpaired) electrons. The van der Waals surface area contributed by atoms with Gasteiger partial charge in [0.25, 0.3) is 0 Å². The van der Waals surface area contributed by atoms with Gasteiger partial charge in [0, 0.05) is 0 Å². The van der Waals surface area contributed by atoms with E-state index in [0.29, 0.717) is 0 Å². The number of hydrogen-bond donors (Lipinski definition) is 1. The van der Waals surface area contributed by atoms with Gasteiger partial charge in [0.15, 0.2) is 5.71 Å². The maximum Gasteiger partial charge on any atom is 0.182 e. The third-order valence-electron chi connectivity index (χ3n) is 1.55. The number of hydrogen-bond acceptors (Lipinski definition) is 3. The number of oxime groups is 1. The number of nitriles is 1. The third kappa shape index (κ3) is 1.16. The fourth-order valence-corrected chi connectivity index (χ4v) is 1.04. The molecule has 0 aromatic carbocycles. The van der Waals surface area contributed by atoms with Gasteiger partial charge in [-0.05, 0) is 24.8 Å². The molecule has 0 saturated carbocycles. The second kappa shape index (κ2) is 3.02. The van der Waals surface area contributed by atoms with Gasteiger partial charge in [0.2, 0.25) is 0 Å². The van der Waals surface area contributed by atoms with Crippen LogP contribution in [0.5, 0.6) is 0 Å². The molecule has 0 heterocycles. The van der Waals surface area contributed by atoms with Gasteiger partial charge in [-0.25, -0.2) is 0 Å². The van der Waals surface area contributed by atoms with Crippen LogP contribution in [0.15, 0.2) is 16.8 Å². The summed E-state index contributed by atoms with van der Waals surface area (Å²) in [5.74, 6) is 0. The van der Waals surface area contributed by atoms with E-state index in [4.69, 9.17) is 10.5 Å². The molecule has 1 aliphatic rings. The smallest absolute Gasteiger partial charge is 0.182 e. The summed E-state index contributed by atoms with van der Waals surface area (Å²) in [4.78, 5) is 0. The molecule has 0 bridgehead atoms. The van der Waals surface area contributed by atoms with E-state index in [1.807, 2.05) is 12.1 Å². The molecule has 1 aliphatic carbocycles. The number of allylic oxidation sites excluding steroid dienone is 2. The van der Waals surface area contributed by atoms with Crippen LogP contribution in [0, 0.1) is 11.3 Å². The Hall–Kier alpha value is -1.30. The molecule has 52 valence electrons. The van der Waals surface area contributed by atoms with Crippen molar-refractivity contribution in [3.05, 3.63) is 11.6 Å². The molecule has 1 N–H and O–H groups in total. The van der Waals surface area contributed by atoms with Crippen LogP contribution in [-0.4, -0.2) is 10.9 Å². The second-order valence-corrected chi connectivity index (χ2v) is 2.18. The monoisotopic (exact) mass is 136 g/mol. The lowest BCUT2D eigenvalue weighted by atomic mass is 10.1. The summed E-state index contributed by atoms with van der Waals surface area (Å²) in [5.41, 5.74) is 1.04. The molecule has 0 aliphatic heterocycles. The van der Waals surface area contributed by atoms with Crippen molar-refractivity contribution in [2.45, 2.75) is 19.3 Å². The predicted molar refractivity (Wildman–Crippen MR) is 36.8 cm³/mol.